The van der Waals surface area contributed by atoms with Crippen molar-refractivity contribution in [1.82, 2.24) is 14.9 Å². The fraction of sp³-hybridized carbons (Fsp3) is 0.500. The van der Waals surface area contributed by atoms with Gasteiger partial charge in [-0.1, -0.05) is 23.9 Å². The summed E-state index contributed by atoms with van der Waals surface area (Å²) in [6.07, 6.45) is 4.03. The molecule has 0 saturated carbocycles. The Balaban J connectivity index is 1.75. The number of ether oxygens (including phenoxy) is 1. The monoisotopic (exact) mass is 361 g/mol. The summed E-state index contributed by atoms with van der Waals surface area (Å²) in [6.45, 7) is 2.21. The Bertz CT molecular complexity index is 762. The highest BCUT2D eigenvalue weighted by molar-refractivity contribution is 7.08. The van der Waals surface area contributed by atoms with Gasteiger partial charge in [0, 0.05) is 0 Å². The summed E-state index contributed by atoms with van der Waals surface area (Å²) >= 11 is 1.10. The first-order valence-corrected chi connectivity index (χ1v) is 9.34. The molecule has 0 fully saturated rings. The molecule has 134 valence electrons. The number of benzene rings is 1. The van der Waals surface area contributed by atoms with Crippen LogP contribution in [0.5, 0.6) is 5.75 Å². The number of nitrogens with one attached hydrogen (secondary N) is 1. The van der Waals surface area contributed by atoms with Crippen molar-refractivity contribution in [2.45, 2.75) is 44.6 Å². The molecule has 0 radical (unpaired) electrons. The van der Waals surface area contributed by atoms with E-state index >= 15 is 0 Å². The van der Waals surface area contributed by atoms with E-state index in [4.69, 9.17) is 4.74 Å². The van der Waals surface area contributed by atoms with Gasteiger partial charge < -0.3 is 15.2 Å². The van der Waals surface area contributed by atoms with Gasteiger partial charge in [0.15, 0.2) is 0 Å². The third kappa shape index (κ3) is 3.67. The number of hydrogen-bond acceptors (Lipinski definition) is 6. The molecule has 7 heteroatoms. The Kier molecular flexibility index (Phi) is 5.34. The Morgan fingerprint density at radius 1 is 1.48 bits per heavy atom. The molecule has 1 heterocycles. The van der Waals surface area contributed by atoms with Gasteiger partial charge in [-0.15, -0.1) is 5.10 Å². The Morgan fingerprint density at radius 3 is 3.08 bits per heavy atom. The smallest absolute Gasteiger partial charge is 0.265 e. The lowest BCUT2D eigenvalue weighted by Gasteiger charge is -2.34. The third-order valence-electron chi connectivity index (χ3n) is 4.64. The highest BCUT2D eigenvalue weighted by Crippen LogP contribution is 2.36. The average Bonchev–Trinajstić information content (AvgIpc) is 3.08. The quantitative estimate of drug-likeness (QED) is 0.826. The molecule has 1 amide bonds. The number of aromatic nitrogens is 2. The van der Waals surface area contributed by atoms with Gasteiger partial charge in [0.1, 0.15) is 16.2 Å². The van der Waals surface area contributed by atoms with Gasteiger partial charge >= 0.3 is 0 Å². The van der Waals surface area contributed by atoms with E-state index in [9.17, 15) is 9.90 Å². The molecule has 1 aromatic heterocycles. The first-order chi connectivity index (χ1) is 12.1. The highest BCUT2D eigenvalue weighted by Gasteiger charge is 2.35. The number of carbonyl (C=O) groups is 1. The van der Waals surface area contributed by atoms with Crippen molar-refractivity contribution in [2.24, 2.45) is 0 Å². The maximum Gasteiger partial charge on any atom is 0.265 e. The molecule has 1 atom stereocenters. The number of rotatable bonds is 6. The van der Waals surface area contributed by atoms with Crippen molar-refractivity contribution in [3.05, 3.63) is 39.9 Å². The number of fused-ring (bicyclic) bond motifs is 1. The van der Waals surface area contributed by atoms with Crippen LogP contribution in [0.3, 0.4) is 0 Å². The molecule has 3 rings (SSSR count). The van der Waals surface area contributed by atoms with E-state index < -0.39 is 5.60 Å². The number of nitrogens with zero attached hydrogens (tertiary/aromatic N) is 2. The first-order valence-electron chi connectivity index (χ1n) is 8.56. The van der Waals surface area contributed by atoms with Gasteiger partial charge in [-0.05, 0) is 60.5 Å². The fourth-order valence-corrected chi connectivity index (χ4v) is 3.96. The Hall–Kier alpha value is -1.99. The van der Waals surface area contributed by atoms with Crippen LogP contribution in [0.4, 0.5) is 0 Å². The minimum Gasteiger partial charge on any atom is -0.497 e. The Morgan fingerprint density at radius 2 is 2.32 bits per heavy atom. The first kappa shape index (κ1) is 17.8. The van der Waals surface area contributed by atoms with E-state index in [1.54, 1.807) is 7.11 Å². The summed E-state index contributed by atoms with van der Waals surface area (Å²) < 4.78 is 9.15. The van der Waals surface area contributed by atoms with Crippen LogP contribution in [0.1, 0.15) is 52.7 Å². The summed E-state index contributed by atoms with van der Waals surface area (Å²) in [7, 11) is 1.63. The van der Waals surface area contributed by atoms with Crippen LogP contribution in [0.2, 0.25) is 0 Å². The van der Waals surface area contributed by atoms with Gasteiger partial charge in [-0.25, -0.2) is 0 Å². The van der Waals surface area contributed by atoms with Crippen molar-refractivity contribution in [1.29, 1.82) is 0 Å². The molecule has 1 aromatic carbocycles. The lowest BCUT2D eigenvalue weighted by Crippen LogP contribution is -2.43. The van der Waals surface area contributed by atoms with Crippen LogP contribution < -0.4 is 10.1 Å². The summed E-state index contributed by atoms with van der Waals surface area (Å²) in [6, 6.07) is 5.72. The molecule has 1 aliphatic carbocycles. The molecule has 1 unspecified atom stereocenters. The topological polar surface area (TPSA) is 84.3 Å². The predicted molar refractivity (Wildman–Crippen MR) is 96.1 cm³/mol. The van der Waals surface area contributed by atoms with Crippen LogP contribution in [0.15, 0.2) is 18.2 Å². The van der Waals surface area contributed by atoms with Crippen LogP contribution in [0.25, 0.3) is 0 Å². The van der Waals surface area contributed by atoms with E-state index in [2.05, 4.69) is 14.9 Å². The zero-order chi connectivity index (χ0) is 17.9. The van der Waals surface area contributed by atoms with Crippen molar-refractivity contribution >= 4 is 17.4 Å². The second-order valence-corrected chi connectivity index (χ2v) is 7.14. The van der Waals surface area contributed by atoms with Crippen molar-refractivity contribution in [3.8, 4) is 5.75 Å². The average molecular weight is 361 g/mol. The molecule has 6 nitrogen and oxygen atoms in total. The zero-order valence-electron chi connectivity index (χ0n) is 14.5. The highest BCUT2D eigenvalue weighted by atomic mass is 32.1. The zero-order valence-corrected chi connectivity index (χ0v) is 15.4. The SMILES string of the molecule is CCCc1nnsc1C(=O)NCC1(O)CCCc2cc(OC)ccc21. The van der Waals surface area contributed by atoms with E-state index in [1.807, 2.05) is 25.1 Å². The number of carbonyl (C=O) groups excluding carboxylic acids is 1. The van der Waals surface area contributed by atoms with Gasteiger partial charge in [0.25, 0.3) is 5.91 Å². The van der Waals surface area contributed by atoms with Crippen LogP contribution in [-0.4, -0.2) is 34.3 Å². The number of methoxy groups -OCH3 is 1. The van der Waals surface area contributed by atoms with Gasteiger partial charge in [-0.2, -0.15) is 0 Å². The summed E-state index contributed by atoms with van der Waals surface area (Å²) in [5, 5.41) is 18.0. The number of hydrogen-bond donors (Lipinski definition) is 2. The third-order valence-corrected chi connectivity index (χ3v) is 5.41. The van der Waals surface area contributed by atoms with E-state index in [-0.39, 0.29) is 12.5 Å². The van der Waals surface area contributed by atoms with Crippen molar-refractivity contribution in [3.63, 3.8) is 0 Å². The molecule has 25 heavy (non-hydrogen) atoms. The van der Waals surface area contributed by atoms with E-state index in [1.165, 1.54) is 0 Å². The second-order valence-electron chi connectivity index (χ2n) is 6.39. The fourth-order valence-electron chi connectivity index (χ4n) is 3.34. The second kappa shape index (κ2) is 7.49. The molecule has 0 bridgehead atoms. The maximum atomic E-state index is 12.5. The maximum absolute atomic E-state index is 12.5. The molecule has 2 aromatic rings. The minimum absolute atomic E-state index is 0.175. The number of aryl methyl sites for hydroxylation is 2. The molecule has 2 N–H and O–H groups in total. The standard InChI is InChI=1S/C18H23N3O3S/c1-3-5-15-16(25-21-20-15)17(22)19-11-18(23)9-4-6-12-10-13(24-2)7-8-14(12)18/h7-8,10,23H,3-6,9,11H2,1-2H3,(H,19,22). The molecule has 0 saturated heterocycles. The van der Waals surface area contributed by atoms with Gasteiger partial charge in [0.05, 0.1) is 19.3 Å². The minimum atomic E-state index is -1.06. The number of amides is 1. The molecule has 0 aliphatic heterocycles. The Labute approximate surface area is 151 Å². The molecule has 1 aliphatic rings. The van der Waals surface area contributed by atoms with Crippen LogP contribution in [-0.2, 0) is 18.4 Å². The molecular weight excluding hydrogens is 338 g/mol. The lowest BCUT2D eigenvalue weighted by atomic mass is 9.79. The summed E-state index contributed by atoms with van der Waals surface area (Å²) in [5.41, 5.74) is 1.62. The largest absolute Gasteiger partial charge is 0.497 e. The van der Waals surface area contributed by atoms with E-state index in [0.29, 0.717) is 11.3 Å². The summed E-state index contributed by atoms with van der Waals surface area (Å²) in [5.74, 6) is 0.569. The van der Waals surface area contributed by atoms with Crippen LogP contribution in [0, 0.1) is 0 Å². The molecule has 0 spiro atoms. The predicted octanol–water partition coefficient (Wildman–Crippen LogP) is 2.45. The van der Waals surface area contributed by atoms with Crippen molar-refractivity contribution in [2.75, 3.05) is 13.7 Å². The normalized spacial score (nSPS) is 19.3. The van der Waals surface area contributed by atoms with Gasteiger partial charge in [-0.3, -0.25) is 4.79 Å². The number of aliphatic hydroxyl groups is 1. The van der Waals surface area contributed by atoms with Gasteiger partial charge in [0.2, 0.25) is 0 Å². The van der Waals surface area contributed by atoms with E-state index in [0.717, 1.165) is 59.8 Å². The van der Waals surface area contributed by atoms with Crippen LogP contribution >= 0.6 is 11.5 Å². The van der Waals surface area contributed by atoms with Crippen molar-refractivity contribution < 1.29 is 14.6 Å². The molecular formula is C18H23N3O3S. The lowest BCUT2D eigenvalue weighted by molar-refractivity contribution is 0.0189. The summed E-state index contributed by atoms with van der Waals surface area (Å²) in [4.78, 5) is 13.0.